The molecule has 2 aromatic rings. The Kier molecular flexibility index (Phi) is 2.58. The van der Waals surface area contributed by atoms with Gasteiger partial charge in [0.05, 0.1) is 5.56 Å². The van der Waals surface area contributed by atoms with Gasteiger partial charge in [0, 0.05) is 17.7 Å². The van der Waals surface area contributed by atoms with Gasteiger partial charge in [-0.25, -0.2) is 0 Å². The number of nitrogens with two attached hydrogens (primary N) is 1. The van der Waals surface area contributed by atoms with Crippen LogP contribution < -0.4 is 5.32 Å². The zero-order valence-electron chi connectivity index (χ0n) is 10.2. The van der Waals surface area contributed by atoms with Crippen molar-refractivity contribution < 1.29 is 10.1 Å². The van der Waals surface area contributed by atoms with Crippen molar-refractivity contribution in [1.29, 1.82) is 0 Å². The van der Waals surface area contributed by atoms with Crippen LogP contribution in [0.3, 0.4) is 0 Å². The van der Waals surface area contributed by atoms with Crippen molar-refractivity contribution in [3.63, 3.8) is 0 Å². The molecule has 0 atom stereocenters. The minimum absolute atomic E-state index is 0.0926. The van der Waals surface area contributed by atoms with E-state index in [0.29, 0.717) is 0 Å². The van der Waals surface area contributed by atoms with E-state index in [1.54, 1.807) is 6.08 Å². The number of benzene rings is 2. The summed E-state index contributed by atoms with van der Waals surface area (Å²) >= 11 is 0. The van der Waals surface area contributed by atoms with Crippen LogP contribution in [0.1, 0.15) is 21.5 Å². The van der Waals surface area contributed by atoms with Crippen LogP contribution in [0.15, 0.2) is 54.6 Å². The van der Waals surface area contributed by atoms with E-state index >= 15 is 0 Å². The molecule has 0 aromatic heterocycles. The van der Waals surface area contributed by atoms with Crippen LogP contribution >= 0.6 is 0 Å². The van der Waals surface area contributed by atoms with Crippen LogP contribution in [0.4, 0.5) is 5.69 Å². The molecule has 88 valence electrons. The number of ketones is 1. The van der Waals surface area contributed by atoms with E-state index in [0.717, 1.165) is 28.1 Å². The quantitative estimate of drug-likeness (QED) is 0.758. The lowest BCUT2D eigenvalue weighted by Gasteiger charge is -2.13. The summed E-state index contributed by atoms with van der Waals surface area (Å²) in [5, 5.41) is 2.07. The lowest BCUT2D eigenvalue weighted by atomic mass is 9.99. The fraction of sp³-hybridized carbons (Fsp3) is 0.0625. The van der Waals surface area contributed by atoms with Gasteiger partial charge in [0.2, 0.25) is 0 Å². The molecule has 0 unspecified atom stereocenters. The number of rotatable bonds is 1. The van der Waals surface area contributed by atoms with E-state index in [1.165, 1.54) is 0 Å². The molecule has 2 heteroatoms. The highest BCUT2D eigenvalue weighted by atomic mass is 16.1. The summed E-state index contributed by atoms with van der Waals surface area (Å²) in [6.07, 6.45) is 1.72. The van der Waals surface area contributed by atoms with E-state index in [4.69, 9.17) is 0 Å². The summed E-state index contributed by atoms with van der Waals surface area (Å²) in [6, 6.07) is 16.0. The molecular formula is C16H14NO+. The number of allylic oxidation sites excluding steroid dienone is 1. The number of fused-ring (bicyclic) bond motifs is 1. The zero-order chi connectivity index (χ0) is 12.5. The van der Waals surface area contributed by atoms with E-state index in [2.05, 4.69) is 5.32 Å². The second kappa shape index (κ2) is 4.24. The first-order valence-corrected chi connectivity index (χ1v) is 6.01. The van der Waals surface area contributed by atoms with Gasteiger partial charge < -0.3 is 0 Å². The second-order valence-corrected chi connectivity index (χ2v) is 4.56. The first-order valence-electron chi connectivity index (χ1n) is 6.01. The van der Waals surface area contributed by atoms with E-state index in [-0.39, 0.29) is 5.78 Å². The third-order valence-electron chi connectivity index (χ3n) is 3.18. The molecule has 1 heterocycles. The fourth-order valence-electron chi connectivity index (χ4n) is 2.23. The highest BCUT2D eigenvalue weighted by molar-refractivity contribution is 6.11. The Morgan fingerprint density at radius 1 is 1.00 bits per heavy atom. The summed E-state index contributed by atoms with van der Waals surface area (Å²) in [6.45, 7) is 2.00. The van der Waals surface area contributed by atoms with Gasteiger partial charge in [-0.1, -0.05) is 24.3 Å². The fourth-order valence-corrected chi connectivity index (χ4v) is 2.23. The lowest BCUT2D eigenvalue weighted by molar-refractivity contribution is -0.470. The number of hydrogen-bond acceptors (Lipinski definition) is 1. The molecule has 2 nitrogen and oxygen atoms in total. The van der Waals surface area contributed by atoms with Crippen molar-refractivity contribution in [2.24, 2.45) is 0 Å². The molecule has 2 N–H and O–H groups in total. The summed E-state index contributed by atoms with van der Waals surface area (Å²) < 4.78 is 0. The maximum Gasteiger partial charge on any atom is 0.197 e. The molecule has 0 saturated carbocycles. The van der Waals surface area contributed by atoms with Gasteiger partial charge in [-0.15, -0.1) is 0 Å². The Balaban J connectivity index is 2.05. The first-order chi connectivity index (χ1) is 8.74. The van der Waals surface area contributed by atoms with Crippen molar-refractivity contribution in [2.45, 2.75) is 6.92 Å². The van der Waals surface area contributed by atoms with Crippen molar-refractivity contribution in [2.75, 3.05) is 0 Å². The highest BCUT2D eigenvalue weighted by Crippen LogP contribution is 2.21. The van der Waals surface area contributed by atoms with Gasteiger partial charge in [-0.3, -0.25) is 10.1 Å². The minimum atomic E-state index is 0.0926. The highest BCUT2D eigenvalue weighted by Gasteiger charge is 2.22. The average Bonchev–Trinajstić information content (AvgIpc) is 2.40. The summed E-state index contributed by atoms with van der Waals surface area (Å²) in [7, 11) is 0. The van der Waals surface area contributed by atoms with Crippen molar-refractivity contribution in [1.82, 2.24) is 0 Å². The molecule has 0 spiro atoms. The summed E-state index contributed by atoms with van der Waals surface area (Å²) in [5.74, 6) is 0.0926. The lowest BCUT2D eigenvalue weighted by Crippen LogP contribution is -2.76. The van der Waals surface area contributed by atoms with Crippen LogP contribution in [-0.2, 0) is 0 Å². The molecule has 3 rings (SSSR count). The van der Waals surface area contributed by atoms with Crippen molar-refractivity contribution >= 4 is 17.2 Å². The molecule has 1 aliphatic rings. The van der Waals surface area contributed by atoms with Crippen LogP contribution in [0.5, 0.6) is 0 Å². The predicted octanol–water partition coefficient (Wildman–Crippen LogP) is 2.43. The zero-order valence-corrected chi connectivity index (χ0v) is 10.2. The monoisotopic (exact) mass is 236 g/mol. The predicted molar refractivity (Wildman–Crippen MR) is 71.5 cm³/mol. The molecule has 0 aliphatic carbocycles. The largest absolute Gasteiger partial charge is 0.289 e. The Hall–Kier alpha value is -2.19. The van der Waals surface area contributed by atoms with Crippen molar-refractivity contribution in [3.05, 3.63) is 71.3 Å². The SMILES string of the molecule is Cc1ccc2c(c1)C(=O)C=C(c1ccccc1)[NH2+]2. The third-order valence-corrected chi connectivity index (χ3v) is 3.18. The van der Waals surface area contributed by atoms with Gasteiger partial charge in [0.15, 0.2) is 5.78 Å². The molecule has 0 saturated heterocycles. The van der Waals surface area contributed by atoms with Gasteiger partial charge >= 0.3 is 0 Å². The molecule has 2 aromatic carbocycles. The van der Waals surface area contributed by atoms with E-state index in [9.17, 15) is 4.79 Å². The Morgan fingerprint density at radius 3 is 2.56 bits per heavy atom. The maximum atomic E-state index is 12.1. The van der Waals surface area contributed by atoms with E-state index < -0.39 is 0 Å². The standard InChI is InChI=1S/C16H13NO/c1-11-7-8-14-13(9-11)16(18)10-15(17-14)12-5-3-2-4-6-12/h2-10H,1H3,(H,17,18)/p+1. The number of carbonyl (C=O) groups is 1. The topological polar surface area (TPSA) is 33.7 Å². The molecular weight excluding hydrogens is 222 g/mol. The smallest absolute Gasteiger partial charge is 0.197 e. The average molecular weight is 236 g/mol. The number of quaternary nitrogens is 1. The summed E-state index contributed by atoms with van der Waals surface area (Å²) in [5.41, 5.74) is 4.99. The first kappa shape index (κ1) is 10.9. The Bertz CT molecular complexity index is 641. The third kappa shape index (κ3) is 1.87. The maximum absolute atomic E-state index is 12.1. The molecule has 0 bridgehead atoms. The number of hydrogen-bond donors (Lipinski definition) is 1. The normalized spacial score (nSPS) is 14.1. The molecule has 18 heavy (non-hydrogen) atoms. The van der Waals surface area contributed by atoms with Crippen LogP contribution in [-0.4, -0.2) is 5.78 Å². The minimum Gasteiger partial charge on any atom is -0.289 e. The van der Waals surface area contributed by atoms with Gasteiger partial charge in [-0.05, 0) is 30.7 Å². The van der Waals surface area contributed by atoms with Crippen LogP contribution in [0, 0.1) is 6.92 Å². The van der Waals surface area contributed by atoms with Crippen LogP contribution in [0.25, 0.3) is 5.70 Å². The number of carbonyl (C=O) groups excluding carboxylic acids is 1. The summed E-state index contributed by atoms with van der Waals surface area (Å²) in [4.78, 5) is 12.1. The second-order valence-electron chi connectivity index (χ2n) is 4.56. The molecule has 0 fully saturated rings. The Labute approximate surface area is 106 Å². The van der Waals surface area contributed by atoms with Gasteiger partial charge in [-0.2, -0.15) is 0 Å². The molecule has 1 aliphatic heterocycles. The molecule has 0 amide bonds. The number of aryl methyl sites for hydroxylation is 1. The van der Waals surface area contributed by atoms with Gasteiger partial charge in [0.25, 0.3) is 0 Å². The van der Waals surface area contributed by atoms with Gasteiger partial charge in [0.1, 0.15) is 11.4 Å². The van der Waals surface area contributed by atoms with E-state index in [1.807, 2.05) is 55.5 Å². The van der Waals surface area contributed by atoms with Crippen molar-refractivity contribution in [3.8, 4) is 0 Å². The van der Waals surface area contributed by atoms with Crippen LogP contribution in [0.2, 0.25) is 0 Å². The Morgan fingerprint density at radius 2 is 1.78 bits per heavy atom. The molecule has 0 radical (unpaired) electrons.